The first-order valence-corrected chi connectivity index (χ1v) is 13.5. The Labute approximate surface area is 218 Å². The van der Waals surface area contributed by atoms with Gasteiger partial charge in [-0.1, -0.05) is 37.1 Å². The first-order valence-electron chi connectivity index (χ1n) is 13.5. The summed E-state index contributed by atoms with van der Waals surface area (Å²) in [5, 5.41) is 11.8. The molecule has 0 spiro atoms. The lowest BCUT2D eigenvalue weighted by Gasteiger charge is -2.47. The molecule has 1 aliphatic carbocycles. The Kier molecular flexibility index (Phi) is 7.13. The van der Waals surface area contributed by atoms with Crippen molar-refractivity contribution in [2.24, 2.45) is 5.92 Å². The monoisotopic (exact) mass is 503 g/mol. The normalized spacial score (nSPS) is 21.6. The van der Waals surface area contributed by atoms with Crippen LogP contribution in [0.3, 0.4) is 0 Å². The van der Waals surface area contributed by atoms with E-state index in [0.717, 1.165) is 47.8 Å². The molecular formula is C31H37NO5. The smallest absolute Gasteiger partial charge is 0.339 e. The molecule has 5 rings (SSSR count). The van der Waals surface area contributed by atoms with Gasteiger partial charge in [-0.2, -0.15) is 0 Å². The number of piperidine rings is 1. The number of benzene rings is 2. The Balaban J connectivity index is 1.29. The van der Waals surface area contributed by atoms with Gasteiger partial charge in [-0.3, -0.25) is 4.79 Å². The van der Waals surface area contributed by atoms with E-state index < -0.39 is 11.2 Å². The second-order valence-electron chi connectivity index (χ2n) is 10.9. The number of fused-ring (bicyclic) bond motifs is 2. The molecule has 2 atom stereocenters. The maximum absolute atomic E-state index is 13.0. The molecule has 0 radical (unpaired) electrons. The highest BCUT2D eigenvalue weighted by Crippen LogP contribution is 2.40. The number of ether oxygens (including phenoxy) is 1. The first kappa shape index (κ1) is 25.5. The molecule has 196 valence electrons. The lowest BCUT2D eigenvalue weighted by atomic mass is 9.71. The number of aryl methyl sites for hydroxylation is 3. The van der Waals surface area contributed by atoms with E-state index in [2.05, 4.69) is 13.0 Å². The average Bonchev–Trinajstić information content (AvgIpc) is 2.88. The summed E-state index contributed by atoms with van der Waals surface area (Å²) in [5.74, 6) is 0.897. The third-order valence-electron chi connectivity index (χ3n) is 8.67. The van der Waals surface area contributed by atoms with Crippen LogP contribution in [-0.4, -0.2) is 34.6 Å². The molecular weight excluding hydrogens is 466 g/mol. The van der Waals surface area contributed by atoms with Crippen LogP contribution in [0.4, 0.5) is 0 Å². The highest BCUT2D eigenvalue weighted by Gasteiger charge is 2.43. The molecule has 2 heterocycles. The summed E-state index contributed by atoms with van der Waals surface area (Å²) >= 11 is 0. The first-order chi connectivity index (χ1) is 17.8. The zero-order valence-electron chi connectivity index (χ0n) is 22.1. The van der Waals surface area contributed by atoms with Crippen molar-refractivity contribution in [2.75, 3.05) is 13.1 Å². The van der Waals surface area contributed by atoms with Gasteiger partial charge < -0.3 is 19.2 Å². The highest BCUT2D eigenvalue weighted by atomic mass is 16.5. The standard InChI is InChI=1S/C31H37NO5/c1-20-8-4-5-9-23(20)19-36-27-13-11-25-21(2)26(30(34)37-29(25)22(27)3)12-14-28(33)32-17-16-31(35)15-7-6-10-24(31)18-32/h4-5,8-9,11,13,24,35H,6-7,10,12,14-19H2,1-3H3/t24-,31+/m0/s1. The molecule has 1 N–H and O–H groups in total. The van der Waals surface area contributed by atoms with Crippen LogP contribution in [0.15, 0.2) is 45.6 Å². The largest absolute Gasteiger partial charge is 0.488 e. The third-order valence-corrected chi connectivity index (χ3v) is 8.67. The lowest BCUT2D eigenvalue weighted by molar-refractivity contribution is -0.143. The van der Waals surface area contributed by atoms with Gasteiger partial charge in [-0.25, -0.2) is 4.79 Å². The summed E-state index contributed by atoms with van der Waals surface area (Å²) in [6.45, 7) is 7.53. The van der Waals surface area contributed by atoms with E-state index in [4.69, 9.17) is 9.15 Å². The van der Waals surface area contributed by atoms with Gasteiger partial charge >= 0.3 is 5.63 Å². The van der Waals surface area contributed by atoms with Crippen molar-refractivity contribution in [1.82, 2.24) is 4.90 Å². The minimum Gasteiger partial charge on any atom is -0.488 e. The van der Waals surface area contributed by atoms with Crippen molar-refractivity contribution in [2.45, 2.75) is 77.9 Å². The SMILES string of the molecule is Cc1ccccc1COc1ccc2c(C)c(CCC(=O)N3CC[C@]4(O)CCCC[C@H]4C3)c(=O)oc2c1C. The highest BCUT2D eigenvalue weighted by molar-refractivity contribution is 5.86. The Hall–Kier alpha value is -3.12. The van der Waals surface area contributed by atoms with Gasteiger partial charge in [-0.15, -0.1) is 0 Å². The van der Waals surface area contributed by atoms with Crippen LogP contribution in [0, 0.1) is 26.7 Å². The predicted octanol–water partition coefficient (Wildman–Crippen LogP) is 5.38. The van der Waals surface area contributed by atoms with Crippen LogP contribution < -0.4 is 10.4 Å². The zero-order chi connectivity index (χ0) is 26.2. The van der Waals surface area contributed by atoms with Crippen molar-refractivity contribution in [3.05, 3.63) is 74.6 Å². The van der Waals surface area contributed by atoms with Crippen molar-refractivity contribution >= 4 is 16.9 Å². The molecule has 1 saturated carbocycles. The molecule has 2 aromatic carbocycles. The number of amides is 1. The summed E-state index contributed by atoms with van der Waals surface area (Å²) in [7, 11) is 0. The summed E-state index contributed by atoms with van der Waals surface area (Å²) in [5.41, 5.74) is 4.02. The maximum Gasteiger partial charge on any atom is 0.339 e. The topological polar surface area (TPSA) is 80.0 Å². The summed E-state index contributed by atoms with van der Waals surface area (Å²) in [6.07, 6.45) is 5.26. The van der Waals surface area contributed by atoms with Crippen LogP contribution in [0.2, 0.25) is 0 Å². The molecule has 1 amide bonds. The van der Waals surface area contributed by atoms with Gasteiger partial charge in [0.1, 0.15) is 17.9 Å². The van der Waals surface area contributed by atoms with Crippen molar-refractivity contribution in [3.8, 4) is 5.75 Å². The van der Waals surface area contributed by atoms with Crippen LogP contribution in [-0.2, 0) is 17.8 Å². The van der Waals surface area contributed by atoms with E-state index >= 15 is 0 Å². The van der Waals surface area contributed by atoms with E-state index in [0.29, 0.717) is 49.4 Å². The second-order valence-corrected chi connectivity index (χ2v) is 10.9. The van der Waals surface area contributed by atoms with Gasteiger partial charge in [0.25, 0.3) is 0 Å². The van der Waals surface area contributed by atoms with E-state index in [1.807, 2.05) is 49.1 Å². The van der Waals surface area contributed by atoms with E-state index in [1.165, 1.54) is 5.56 Å². The number of hydrogen-bond acceptors (Lipinski definition) is 5. The number of carbonyl (C=O) groups is 1. The molecule has 1 saturated heterocycles. The number of aliphatic hydroxyl groups is 1. The number of nitrogens with zero attached hydrogens (tertiary/aromatic N) is 1. The van der Waals surface area contributed by atoms with Crippen molar-refractivity contribution < 1.29 is 19.1 Å². The fourth-order valence-corrected chi connectivity index (χ4v) is 6.13. The molecule has 6 heteroatoms. The van der Waals surface area contributed by atoms with Crippen molar-refractivity contribution in [3.63, 3.8) is 0 Å². The lowest BCUT2D eigenvalue weighted by Crippen LogP contribution is -2.54. The number of carbonyl (C=O) groups excluding carboxylic acids is 1. The number of likely N-dealkylation sites (tertiary alicyclic amines) is 1. The van der Waals surface area contributed by atoms with Crippen LogP contribution in [0.25, 0.3) is 11.0 Å². The molecule has 6 nitrogen and oxygen atoms in total. The molecule has 2 aliphatic rings. The van der Waals surface area contributed by atoms with Crippen LogP contribution >= 0.6 is 0 Å². The Morgan fingerprint density at radius 1 is 1.11 bits per heavy atom. The fourth-order valence-electron chi connectivity index (χ4n) is 6.13. The molecule has 37 heavy (non-hydrogen) atoms. The van der Waals surface area contributed by atoms with E-state index in [-0.39, 0.29) is 18.2 Å². The minimum absolute atomic E-state index is 0.0441. The second kappa shape index (κ2) is 10.3. The van der Waals surface area contributed by atoms with Gasteiger partial charge in [0.15, 0.2) is 0 Å². The fraction of sp³-hybridized carbons (Fsp3) is 0.484. The number of hydrogen-bond donors (Lipinski definition) is 1. The minimum atomic E-state index is -0.606. The Morgan fingerprint density at radius 3 is 2.73 bits per heavy atom. The van der Waals surface area contributed by atoms with Gasteiger partial charge in [0, 0.05) is 41.9 Å². The summed E-state index contributed by atoms with van der Waals surface area (Å²) < 4.78 is 11.9. The molecule has 1 aromatic heterocycles. The van der Waals surface area contributed by atoms with Gasteiger partial charge in [0.2, 0.25) is 5.91 Å². The maximum atomic E-state index is 13.0. The quantitative estimate of drug-likeness (QED) is 0.457. The Morgan fingerprint density at radius 2 is 1.92 bits per heavy atom. The predicted molar refractivity (Wildman–Crippen MR) is 144 cm³/mol. The number of rotatable bonds is 6. The van der Waals surface area contributed by atoms with Gasteiger partial charge in [-0.05, 0) is 75.3 Å². The molecule has 2 fully saturated rings. The van der Waals surface area contributed by atoms with E-state index in [9.17, 15) is 14.7 Å². The molecule has 3 aromatic rings. The zero-order valence-corrected chi connectivity index (χ0v) is 22.1. The molecule has 1 aliphatic heterocycles. The van der Waals surface area contributed by atoms with Gasteiger partial charge in [0.05, 0.1) is 5.60 Å². The summed E-state index contributed by atoms with van der Waals surface area (Å²) in [4.78, 5) is 27.9. The van der Waals surface area contributed by atoms with Crippen LogP contribution in [0.5, 0.6) is 5.75 Å². The third kappa shape index (κ3) is 5.04. The van der Waals surface area contributed by atoms with Crippen molar-refractivity contribution in [1.29, 1.82) is 0 Å². The van der Waals surface area contributed by atoms with Crippen LogP contribution in [0.1, 0.15) is 66.3 Å². The molecule has 0 unspecified atom stereocenters. The molecule has 0 bridgehead atoms. The Bertz CT molecular complexity index is 1380. The van der Waals surface area contributed by atoms with E-state index in [1.54, 1.807) is 0 Å². The average molecular weight is 504 g/mol. The summed E-state index contributed by atoms with van der Waals surface area (Å²) in [6, 6.07) is 12.0.